The van der Waals surface area contributed by atoms with Crippen LogP contribution in [0.15, 0.2) is 53.7 Å². The molecule has 2 aromatic rings. The maximum Gasteiger partial charge on any atom is 0.232 e. The molecule has 150 valence electrons. The minimum absolute atomic E-state index is 0.0651. The lowest BCUT2D eigenvalue weighted by Gasteiger charge is -2.39. The lowest BCUT2D eigenvalue weighted by molar-refractivity contribution is -0.119. The van der Waals surface area contributed by atoms with E-state index in [2.05, 4.69) is 13.0 Å². The van der Waals surface area contributed by atoms with Crippen LogP contribution in [-0.4, -0.2) is 18.8 Å². The van der Waals surface area contributed by atoms with Crippen molar-refractivity contribution < 1.29 is 14.3 Å². The summed E-state index contributed by atoms with van der Waals surface area (Å²) >= 11 is 0. The molecular formula is C25H27NO3. The molecule has 0 saturated heterocycles. The highest BCUT2D eigenvalue weighted by Gasteiger charge is 2.40. The smallest absolute Gasteiger partial charge is 0.232 e. The highest BCUT2D eigenvalue weighted by Crippen LogP contribution is 2.45. The second-order valence-electron chi connectivity index (χ2n) is 7.84. The lowest BCUT2D eigenvalue weighted by Crippen LogP contribution is -2.41. The maximum absolute atomic E-state index is 13.5. The molecule has 4 rings (SSSR count). The Morgan fingerprint density at radius 3 is 2.66 bits per heavy atom. The van der Waals surface area contributed by atoms with Crippen molar-refractivity contribution >= 4 is 17.4 Å². The van der Waals surface area contributed by atoms with E-state index in [0.717, 1.165) is 58.7 Å². The van der Waals surface area contributed by atoms with E-state index in [1.807, 2.05) is 48.2 Å². The van der Waals surface area contributed by atoms with Crippen LogP contribution in [0.25, 0.3) is 0 Å². The molecule has 0 spiro atoms. The first-order valence-corrected chi connectivity index (χ1v) is 10.4. The molecule has 0 bridgehead atoms. The van der Waals surface area contributed by atoms with Crippen LogP contribution in [0.3, 0.4) is 0 Å². The predicted octanol–water partition coefficient (Wildman–Crippen LogP) is 5.09. The van der Waals surface area contributed by atoms with E-state index in [1.165, 1.54) is 0 Å². The third-order valence-corrected chi connectivity index (χ3v) is 6.10. The van der Waals surface area contributed by atoms with E-state index >= 15 is 0 Å². The fraction of sp³-hybridized carbons (Fsp3) is 0.360. The number of carbonyl (C=O) groups excluding carboxylic acids is 2. The molecule has 2 aromatic carbocycles. The number of ketones is 1. The molecule has 1 aliphatic carbocycles. The molecule has 4 nitrogen and oxygen atoms in total. The molecule has 1 amide bonds. The number of Topliss-reactive ketones (excluding diaryl/α,β-unsaturated/α-hetero) is 1. The first-order valence-electron chi connectivity index (χ1n) is 10.4. The number of ether oxygens (including phenoxy) is 1. The van der Waals surface area contributed by atoms with E-state index < -0.39 is 0 Å². The van der Waals surface area contributed by atoms with E-state index in [9.17, 15) is 9.59 Å². The zero-order valence-corrected chi connectivity index (χ0v) is 17.3. The number of nitrogens with zero attached hydrogens (tertiary/aromatic N) is 1. The summed E-state index contributed by atoms with van der Waals surface area (Å²) < 4.78 is 5.38. The summed E-state index contributed by atoms with van der Waals surface area (Å²) in [4.78, 5) is 28.4. The topological polar surface area (TPSA) is 46.6 Å². The average Bonchev–Trinajstić information content (AvgIpc) is 2.74. The summed E-state index contributed by atoms with van der Waals surface area (Å²) in [6.07, 6.45) is 3.24. The summed E-state index contributed by atoms with van der Waals surface area (Å²) in [5.74, 6) is 0.777. The summed E-state index contributed by atoms with van der Waals surface area (Å²) in [6, 6.07) is 13.9. The number of benzene rings is 2. The van der Waals surface area contributed by atoms with Gasteiger partial charge < -0.3 is 4.74 Å². The quantitative estimate of drug-likeness (QED) is 0.731. The SMILES string of the molecule is CCc1cccc(C)c1N1C(=O)CC(c2cccc(OC)c2)C2=C1CCCC2=O. The van der Waals surface area contributed by atoms with Gasteiger partial charge >= 0.3 is 0 Å². The van der Waals surface area contributed by atoms with Gasteiger partial charge in [0.15, 0.2) is 5.78 Å². The molecule has 29 heavy (non-hydrogen) atoms. The molecular weight excluding hydrogens is 362 g/mol. The van der Waals surface area contributed by atoms with Gasteiger partial charge in [-0.25, -0.2) is 0 Å². The van der Waals surface area contributed by atoms with Crippen LogP contribution in [0.1, 0.15) is 55.2 Å². The zero-order chi connectivity index (χ0) is 20.5. The van der Waals surface area contributed by atoms with Crippen molar-refractivity contribution in [1.29, 1.82) is 0 Å². The van der Waals surface area contributed by atoms with Crippen molar-refractivity contribution in [3.63, 3.8) is 0 Å². The molecule has 0 aromatic heterocycles. The van der Waals surface area contributed by atoms with E-state index in [-0.39, 0.29) is 17.6 Å². The van der Waals surface area contributed by atoms with Gasteiger partial charge in [0.2, 0.25) is 5.91 Å². The highest BCUT2D eigenvalue weighted by molar-refractivity contribution is 6.08. The molecule has 2 aliphatic rings. The van der Waals surface area contributed by atoms with Crippen LogP contribution in [0.2, 0.25) is 0 Å². The second kappa shape index (κ2) is 7.86. The van der Waals surface area contributed by atoms with Gasteiger partial charge in [-0.2, -0.15) is 0 Å². The maximum atomic E-state index is 13.5. The summed E-state index contributed by atoms with van der Waals surface area (Å²) in [7, 11) is 1.63. The molecule has 1 aliphatic heterocycles. The molecule has 1 unspecified atom stereocenters. The van der Waals surface area contributed by atoms with Crippen LogP contribution in [0.4, 0.5) is 5.69 Å². The van der Waals surface area contributed by atoms with Gasteiger partial charge in [-0.3, -0.25) is 14.5 Å². The molecule has 1 atom stereocenters. The Labute approximate surface area is 172 Å². The number of aryl methyl sites for hydroxylation is 2. The van der Waals surface area contributed by atoms with Crippen molar-refractivity contribution in [2.24, 2.45) is 0 Å². The number of hydrogen-bond acceptors (Lipinski definition) is 3. The molecule has 0 radical (unpaired) electrons. The first-order chi connectivity index (χ1) is 14.0. The fourth-order valence-corrected chi connectivity index (χ4v) is 4.72. The lowest BCUT2D eigenvalue weighted by atomic mass is 9.77. The summed E-state index contributed by atoms with van der Waals surface area (Å²) in [5, 5.41) is 0. The van der Waals surface area contributed by atoms with Gasteiger partial charge in [-0.05, 0) is 55.0 Å². The molecule has 1 heterocycles. The average molecular weight is 389 g/mol. The van der Waals surface area contributed by atoms with Gasteiger partial charge in [0.05, 0.1) is 12.8 Å². The number of allylic oxidation sites excluding steroid dienone is 2. The minimum atomic E-state index is -0.203. The Morgan fingerprint density at radius 1 is 1.10 bits per heavy atom. The van der Waals surface area contributed by atoms with Crippen LogP contribution < -0.4 is 9.64 Å². The molecule has 0 N–H and O–H groups in total. The Kier molecular flexibility index (Phi) is 5.27. The molecule has 0 fully saturated rings. The number of rotatable bonds is 4. The third-order valence-electron chi connectivity index (χ3n) is 6.10. The standard InChI is InChI=1S/C25H27NO3/c1-4-17-9-5-8-16(2)25(17)26-21-12-7-13-22(27)24(21)20(15-23(26)28)18-10-6-11-19(14-18)29-3/h5-6,8-11,14,20H,4,7,12-13,15H2,1-3H3. The van der Waals surface area contributed by atoms with Gasteiger partial charge in [0.25, 0.3) is 0 Å². The Hall–Kier alpha value is -2.88. The Bertz CT molecular complexity index is 1000. The van der Waals surface area contributed by atoms with Crippen LogP contribution in [-0.2, 0) is 16.0 Å². The largest absolute Gasteiger partial charge is 0.497 e. The normalized spacial score (nSPS) is 19.4. The number of hydrogen-bond donors (Lipinski definition) is 0. The predicted molar refractivity (Wildman–Crippen MR) is 114 cm³/mol. The third kappa shape index (κ3) is 3.37. The number of amides is 1. The number of carbonyl (C=O) groups is 2. The van der Waals surface area contributed by atoms with Crippen LogP contribution >= 0.6 is 0 Å². The highest BCUT2D eigenvalue weighted by atomic mass is 16.5. The van der Waals surface area contributed by atoms with Crippen molar-refractivity contribution in [3.8, 4) is 5.75 Å². The minimum Gasteiger partial charge on any atom is -0.497 e. The number of anilines is 1. The van der Waals surface area contributed by atoms with Gasteiger partial charge in [-0.15, -0.1) is 0 Å². The zero-order valence-electron chi connectivity index (χ0n) is 17.3. The summed E-state index contributed by atoms with van der Waals surface area (Å²) in [5.41, 5.74) is 5.86. The first kappa shape index (κ1) is 19.4. The molecule has 0 saturated carbocycles. The van der Waals surface area contributed by atoms with Crippen LogP contribution in [0.5, 0.6) is 5.75 Å². The van der Waals surface area contributed by atoms with E-state index in [0.29, 0.717) is 12.8 Å². The fourth-order valence-electron chi connectivity index (χ4n) is 4.72. The monoisotopic (exact) mass is 389 g/mol. The van der Waals surface area contributed by atoms with Crippen LogP contribution in [0, 0.1) is 6.92 Å². The van der Waals surface area contributed by atoms with Crippen molar-refractivity contribution in [1.82, 2.24) is 0 Å². The van der Waals surface area contributed by atoms with Gasteiger partial charge in [0.1, 0.15) is 5.75 Å². The van der Waals surface area contributed by atoms with Crippen molar-refractivity contribution in [3.05, 3.63) is 70.4 Å². The van der Waals surface area contributed by atoms with Gasteiger partial charge in [0, 0.05) is 30.0 Å². The second-order valence-corrected chi connectivity index (χ2v) is 7.84. The van der Waals surface area contributed by atoms with E-state index in [4.69, 9.17) is 4.74 Å². The summed E-state index contributed by atoms with van der Waals surface area (Å²) in [6.45, 7) is 4.15. The Morgan fingerprint density at radius 2 is 1.90 bits per heavy atom. The van der Waals surface area contributed by atoms with Gasteiger partial charge in [-0.1, -0.05) is 37.3 Å². The Balaban J connectivity index is 1.90. The number of methoxy groups -OCH3 is 1. The van der Waals surface area contributed by atoms with E-state index in [1.54, 1.807) is 7.11 Å². The molecule has 4 heteroatoms. The van der Waals surface area contributed by atoms with Crippen molar-refractivity contribution in [2.45, 2.75) is 51.9 Å². The van der Waals surface area contributed by atoms with Crippen molar-refractivity contribution in [2.75, 3.05) is 12.0 Å². The number of para-hydroxylation sites is 1.